The van der Waals surface area contributed by atoms with E-state index >= 15 is 0 Å². The van der Waals surface area contributed by atoms with Crippen molar-refractivity contribution in [1.82, 2.24) is 0 Å². The Morgan fingerprint density at radius 2 is 1.79 bits per heavy atom. The fraction of sp³-hybridized carbons (Fsp3) is 1.00. The lowest BCUT2D eigenvalue weighted by Crippen LogP contribution is -2.24. The Kier molecular flexibility index (Phi) is 4.38. The third-order valence-electron chi connectivity index (χ3n) is 2.37. The molecule has 0 bridgehead atoms. The molecule has 3 nitrogen and oxygen atoms in total. The fourth-order valence-electron chi connectivity index (χ4n) is 1.82. The molecule has 84 valence electrons. The predicted octanol–water partition coefficient (Wildman–Crippen LogP) is 2.32. The van der Waals surface area contributed by atoms with Gasteiger partial charge in [-0.25, -0.2) is 0 Å². The van der Waals surface area contributed by atoms with E-state index in [0.29, 0.717) is 0 Å². The van der Waals surface area contributed by atoms with Crippen LogP contribution in [0.3, 0.4) is 0 Å². The molecule has 0 unspecified atom stereocenters. The molecule has 0 aromatic rings. The van der Waals surface area contributed by atoms with E-state index in [1.807, 2.05) is 13.8 Å². The van der Waals surface area contributed by atoms with Crippen LogP contribution in [0.5, 0.6) is 0 Å². The molecule has 1 aliphatic carbocycles. The monoisotopic (exact) mass is 220 g/mol. The summed E-state index contributed by atoms with van der Waals surface area (Å²) in [4.78, 5) is 0. The van der Waals surface area contributed by atoms with Crippen LogP contribution in [0.25, 0.3) is 0 Å². The zero-order chi connectivity index (χ0) is 10.6. The van der Waals surface area contributed by atoms with Gasteiger partial charge in [0.15, 0.2) is 0 Å². The van der Waals surface area contributed by atoms with Crippen LogP contribution in [0.2, 0.25) is 0 Å². The summed E-state index contributed by atoms with van der Waals surface area (Å²) in [5, 5.41) is 0. The van der Waals surface area contributed by atoms with Crippen molar-refractivity contribution >= 4 is 10.1 Å². The molecule has 1 aliphatic rings. The van der Waals surface area contributed by atoms with Crippen molar-refractivity contribution < 1.29 is 12.6 Å². The molecule has 0 radical (unpaired) electrons. The van der Waals surface area contributed by atoms with Crippen molar-refractivity contribution in [2.45, 2.75) is 52.1 Å². The second-order valence-electron chi connectivity index (χ2n) is 4.47. The van der Waals surface area contributed by atoms with Gasteiger partial charge < -0.3 is 0 Å². The van der Waals surface area contributed by atoms with Crippen molar-refractivity contribution in [1.29, 1.82) is 0 Å². The molecule has 4 heteroatoms. The van der Waals surface area contributed by atoms with E-state index in [1.165, 1.54) is 6.42 Å². The summed E-state index contributed by atoms with van der Waals surface area (Å²) in [6.45, 7) is 3.78. The average Bonchev–Trinajstić information content (AvgIpc) is 2.02. The van der Waals surface area contributed by atoms with Crippen LogP contribution < -0.4 is 0 Å². The van der Waals surface area contributed by atoms with E-state index in [4.69, 9.17) is 4.18 Å². The van der Waals surface area contributed by atoms with E-state index in [-0.39, 0.29) is 17.8 Å². The maximum atomic E-state index is 11.5. The normalized spacial score (nSPS) is 20.2. The van der Waals surface area contributed by atoms with Crippen LogP contribution in [0.15, 0.2) is 0 Å². The molecule has 0 aliphatic heterocycles. The minimum Gasteiger partial charge on any atom is -0.267 e. The zero-order valence-electron chi connectivity index (χ0n) is 9.03. The van der Waals surface area contributed by atoms with Crippen LogP contribution in [-0.2, 0) is 14.3 Å². The van der Waals surface area contributed by atoms with Crippen LogP contribution in [0.4, 0.5) is 0 Å². The van der Waals surface area contributed by atoms with Gasteiger partial charge in [-0.1, -0.05) is 33.1 Å². The molecule has 0 spiro atoms. The standard InChI is InChI=1S/C10H20O3S/c1-9(2)8-14(11,12)13-10-6-4-3-5-7-10/h9-10H,3-8H2,1-2H3. The van der Waals surface area contributed by atoms with Crippen molar-refractivity contribution in [2.24, 2.45) is 5.92 Å². The highest BCUT2D eigenvalue weighted by atomic mass is 32.2. The van der Waals surface area contributed by atoms with Crippen LogP contribution in [0, 0.1) is 5.92 Å². The van der Waals surface area contributed by atoms with Crippen molar-refractivity contribution in [3.63, 3.8) is 0 Å². The predicted molar refractivity (Wildman–Crippen MR) is 56.6 cm³/mol. The van der Waals surface area contributed by atoms with Gasteiger partial charge >= 0.3 is 0 Å². The van der Waals surface area contributed by atoms with E-state index in [1.54, 1.807) is 0 Å². The van der Waals surface area contributed by atoms with E-state index in [9.17, 15) is 8.42 Å². The first-order valence-corrected chi connectivity index (χ1v) is 6.98. The van der Waals surface area contributed by atoms with Gasteiger partial charge in [0.25, 0.3) is 10.1 Å². The largest absolute Gasteiger partial charge is 0.267 e. The minimum atomic E-state index is -3.28. The summed E-state index contributed by atoms with van der Waals surface area (Å²) >= 11 is 0. The van der Waals surface area contributed by atoms with Crippen LogP contribution in [-0.4, -0.2) is 20.3 Å². The molecule has 0 aromatic carbocycles. The SMILES string of the molecule is CC(C)CS(=O)(=O)OC1CCCCC1. The molecule has 0 saturated heterocycles. The summed E-state index contributed by atoms with van der Waals surface area (Å²) in [5.41, 5.74) is 0. The second kappa shape index (κ2) is 5.12. The Labute approximate surface area is 87.0 Å². The van der Waals surface area contributed by atoms with Gasteiger partial charge in [0, 0.05) is 0 Å². The Morgan fingerprint density at radius 3 is 2.29 bits per heavy atom. The maximum absolute atomic E-state index is 11.5. The first-order chi connectivity index (χ1) is 6.49. The van der Waals surface area contributed by atoms with Crippen LogP contribution in [0.1, 0.15) is 46.0 Å². The first kappa shape index (κ1) is 12.0. The van der Waals surface area contributed by atoms with E-state index in [0.717, 1.165) is 25.7 Å². The third-order valence-corrected chi connectivity index (χ3v) is 4.01. The van der Waals surface area contributed by atoms with Gasteiger partial charge in [0.05, 0.1) is 11.9 Å². The van der Waals surface area contributed by atoms with Gasteiger partial charge in [-0.15, -0.1) is 0 Å². The van der Waals surface area contributed by atoms with Gasteiger partial charge in [-0.2, -0.15) is 8.42 Å². The lowest BCUT2D eigenvalue weighted by molar-refractivity contribution is 0.161. The molecule has 1 rings (SSSR count). The molecule has 0 aromatic heterocycles. The van der Waals surface area contributed by atoms with Crippen LogP contribution >= 0.6 is 0 Å². The Hall–Kier alpha value is -0.0900. The summed E-state index contributed by atoms with van der Waals surface area (Å²) in [6, 6.07) is 0. The summed E-state index contributed by atoms with van der Waals surface area (Å²) in [5.74, 6) is 0.285. The van der Waals surface area contributed by atoms with Gasteiger partial charge in [-0.3, -0.25) is 4.18 Å². The second-order valence-corrected chi connectivity index (χ2v) is 6.12. The molecular weight excluding hydrogens is 200 g/mol. The molecule has 14 heavy (non-hydrogen) atoms. The molecule has 0 N–H and O–H groups in total. The molecule has 0 atom stereocenters. The van der Waals surface area contributed by atoms with Gasteiger partial charge in [-0.05, 0) is 18.8 Å². The van der Waals surface area contributed by atoms with Crippen molar-refractivity contribution in [3.8, 4) is 0 Å². The summed E-state index contributed by atoms with van der Waals surface area (Å²) in [6.07, 6.45) is 5.16. The maximum Gasteiger partial charge on any atom is 0.267 e. The lowest BCUT2D eigenvalue weighted by Gasteiger charge is -2.21. The third kappa shape index (κ3) is 4.42. The first-order valence-electron chi connectivity index (χ1n) is 5.40. The highest BCUT2D eigenvalue weighted by Crippen LogP contribution is 2.22. The molecule has 1 fully saturated rings. The average molecular weight is 220 g/mol. The minimum absolute atomic E-state index is 0.0486. The number of hydrogen-bond acceptors (Lipinski definition) is 3. The fourth-order valence-corrected chi connectivity index (χ4v) is 3.32. The number of rotatable bonds is 4. The van der Waals surface area contributed by atoms with E-state index < -0.39 is 10.1 Å². The quantitative estimate of drug-likeness (QED) is 0.683. The molecular formula is C10H20O3S. The van der Waals surface area contributed by atoms with E-state index in [2.05, 4.69) is 0 Å². The Balaban J connectivity index is 2.41. The molecule has 0 amide bonds. The molecule has 1 saturated carbocycles. The zero-order valence-corrected chi connectivity index (χ0v) is 9.85. The Morgan fingerprint density at radius 1 is 1.21 bits per heavy atom. The topological polar surface area (TPSA) is 43.4 Å². The van der Waals surface area contributed by atoms with Crippen molar-refractivity contribution in [2.75, 3.05) is 5.75 Å². The Bertz CT molecular complexity index is 251. The smallest absolute Gasteiger partial charge is 0.267 e. The van der Waals surface area contributed by atoms with Crippen molar-refractivity contribution in [3.05, 3.63) is 0 Å². The highest BCUT2D eigenvalue weighted by Gasteiger charge is 2.22. The lowest BCUT2D eigenvalue weighted by atomic mass is 9.98. The number of hydrogen-bond donors (Lipinski definition) is 0. The summed E-state index contributed by atoms with van der Waals surface area (Å²) in [7, 11) is -3.28. The summed E-state index contributed by atoms with van der Waals surface area (Å²) < 4.78 is 28.1. The highest BCUT2D eigenvalue weighted by molar-refractivity contribution is 7.86. The van der Waals surface area contributed by atoms with Gasteiger partial charge in [0.1, 0.15) is 0 Å². The molecule has 0 heterocycles. The van der Waals surface area contributed by atoms with Gasteiger partial charge in [0.2, 0.25) is 0 Å².